The predicted molar refractivity (Wildman–Crippen MR) is 82.0 cm³/mol. The second-order valence-electron chi connectivity index (χ2n) is 5.31. The van der Waals surface area contributed by atoms with Crippen LogP contribution in [0.3, 0.4) is 0 Å². The van der Waals surface area contributed by atoms with E-state index in [4.69, 9.17) is 5.73 Å². The zero-order chi connectivity index (χ0) is 15.4. The van der Waals surface area contributed by atoms with Crippen molar-refractivity contribution in [3.63, 3.8) is 0 Å². The van der Waals surface area contributed by atoms with Gasteiger partial charge < -0.3 is 15.6 Å². The highest BCUT2D eigenvalue weighted by Crippen LogP contribution is 2.13. The number of aryl methyl sites for hydroxylation is 1. The first-order chi connectivity index (χ1) is 9.97. The van der Waals surface area contributed by atoms with Crippen molar-refractivity contribution >= 4 is 11.9 Å². The first-order valence-electron chi connectivity index (χ1n) is 7.00. The molecular weight excluding hydrogens is 266 g/mol. The first kappa shape index (κ1) is 15.0. The number of rotatable bonds is 5. The lowest BCUT2D eigenvalue weighted by Gasteiger charge is -2.09. The van der Waals surface area contributed by atoms with Gasteiger partial charge in [0.1, 0.15) is 5.69 Å². The second-order valence-corrected chi connectivity index (χ2v) is 5.31. The number of hydrogen-bond donors (Lipinski definition) is 2. The molecule has 2 aromatic rings. The van der Waals surface area contributed by atoms with E-state index < -0.39 is 0 Å². The third kappa shape index (κ3) is 3.81. The van der Waals surface area contributed by atoms with Gasteiger partial charge in [0.15, 0.2) is 0 Å². The lowest BCUT2D eigenvalue weighted by molar-refractivity contribution is 0.0949. The van der Waals surface area contributed by atoms with E-state index in [1.165, 1.54) is 5.69 Å². The van der Waals surface area contributed by atoms with Crippen LogP contribution in [-0.4, -0.2) is 27.0 Å². The van der Waals surface area contributed by atoms with Crippen molar-refractivity contribution < 1.29 is 4.79 Å². The molecule has 0 saturated heterocycles. The first-order valence-corrected chi connectivity index (χ1v) is 7.00. The van der Waals surface area contributed by atoms with Gasteiger partial charge in [-0.2, -0.15) is 0 Å². The van der Waals surface area contributed by atoms with Crippen LogP contribution in [0.25, 0.3) is 0 Å². The average molecular weight is 287 g/mol. The monoisotopic (exact) mass is 287 g/mol. The van der Waals surface area contributed by atoms with Crippen molar-refractivity contribution in [3.8, 4) is 0 Å². The summed E-state index contributed by atoms with van der Waals surface area (Å²) in [5.41, 5.74) is 7.91. The molecule has 0 aliphatic rings. The van der Waals surface area contributed by atoms with Crippen LogP contribution in [0.15, 0.2) is 24.4 Å². The Morgan fingerprint density at radius 2 is 2.19 bits per heavy atom. The molecule has 6 heteroatoms. The summed E-state index contributed by atoms with van der Waals surface area (Å²) in [4.78, 5) is 20.3. The zero-order valence-electron chi connectivity index (χ0n) is 12.6. The van der Waals surface area contributed by atoms with Crippen LogP contribution in [0.2, 0.25) is 0 Å². The normalized spacial score (nSPS) is 10.9. The molecule has 0 aromatic carbocycles. The van der Waals surface area contributed by atoms with Crippen LogP contribution in [0.5, 0.6) is 0 Å². The molecule has 112 valence electrons. The molecule has 3 N–H and O–H groups in total. The van der Waals surface area contributed by atoms with Crippen LogP contribution in [0.4, 0.5) is 5.95 Å². The number of carbonyl (C=O) groups excluding carboxylic acids is 1. The van der Waals surface area contributed by atoms with Gasteiger partial charge in [0.25, 0.3) is 5.91 Å². The number of carbonyl (C=O) groups is 1. The minimum absolute atomic E-state index is 0.133. The molecule has 0 bridgehead atoms. The Kier molecular flexibility index (Phi) is 4.57. The summed E-state index contributed by atoms with van der Waals surface area (Å²) >= 11 is 0. The number of nitrogens with two attached hydrogens (primary N) is 1. The smallest absolute Gasteiger partial charge is 0.270 e. The molecule has 0 spiro atoms. The molecule has 0 unspecified atom stereocenters. The minimum Gasteiger partial charge on any atom is -0.368 e. The molecule has 0 aliphatic heterocycles. The molecule has 0 fully saturated rings. The molecule has 6 nitrogen and oxygen atoms in total. The third-order valence-corrected chi connectivity index (χ3v) is 3.31. The van der Waals surface area contributed by atoms with Crippen molar-refractivity contribution in [3.05, 3.63) is 41.5 Å². The molecule has 21 heavy (non-hydrogen) atoms. The summed E-state index contributed by atoms with van der Waals surface area (Å²) in [6.07, 6.45) is 2.75. The molecule has 0 saturated carbocycles. The molecule has 2 heterocycles. The van der Waals surface area contributed by atoms with Crippen LogP contribution in [0.1, 0.15) is 41.6 Å². The zero-order valence-corrected chi connectivity index (χ0v) is 12.6. The molecule has 1 amide bonds. The lowest BCUT2D eigenvalue weighted by Crippen LogP contribution is -2.27. The van der Waals surface area contributed by atoms with Gasteiger partial charge in [-0.25, -0.2) is 9.97 Å². The van der Waals surface area contributed by atoms with E-state index in [1.807, 2.05) is 43.8 Å². The van der Waals surface area contributed by atoms with Gasteiger partial charge in [-0.3, -0.25) is 4.79 Å². The van der Waals surface area contributed by atoms with Gasteiger partial charge in [0.2, 0.25) is 5.95 Å². The summed E-state index contributed by atoms with van der Waals surface area (Å²) in [7, 11) is 1.98. The Balaban J connectivity index is 1.98. The van der Waals surface area contributed by atoms with Crippen LogP contribution < -0.4 is 11.1 Å². The number of nitrogens with one attached hydrogen (secondary N) is 1. The van der Waals surface area contributed by atoms with Crippen molar-refractivity contribution in [2.75, 3.05) is 12.3 Å². The van der Waals surface area contributed by atoms with E-state index in [9.17, 15) is 4.79 Å². The van der Waals surface area contributed by atoms with Gasteiger partial charge in [-0.1, -0.05) is 13.8 Å². The van der Waals surface area contributed by atoms with Gasteiger partial charge >= 0.3 is 0 Å². The van der Waals surface area contributed by atoms with Crippen LogP contribution in [0, 0.1) is 0 Å². The molecular formula is C15H21N5O. The molecule has 0 aliphatic carbocycles. The van der Waals surface area contributed by atoms with E-state index in [2.05, 4.69) is 15.3 Å². The number of aromatic nitrogens is 3. The number of anilines is 1. The van der Waals surface area contributed by atoms with Gasteiger partial charge in [-0.15, -0.1) is 0 Å². The molecule has 2 rings (SSSR count). The van der Waals surface area contributed by atoms with Crippen molar-refractivity contribution in [2.45, 2.75) is 26.2 Å². The van der Waals surface area contributed by atoms with E-state index in [0.717, 1.165) is 12.1 Å². The van der Waals surface area contributed by atoms with E-state index in [-0.39, 0.29) is 17.8 Å². The Bertz CT molecular complexity index is 633. The Morgan fingerprint density at radius 1 is 1.43 bits per heavy atom. The molecule has 0 atom stereocenters. The predicted octanol–water partition coefficient (Wildman–Crippen LogP) is 1.49. The maximum atomic E-state index is 12.1. The summed E-state index contributed by atoms with van der Waals surface area (Å²) in [5.74, 6) is 0.110. The molecule has 0 radical (unpaired) electrons. The summed E-state index contributed by atoms with van der Waals surface area (Å²) in [6, 6.07) is 5.71. The maximum absolute atomic E-state index is 12.1. The Hall–Kier alpha value is -2.37. The highest BCUT2D eigenvalue weighted by atomic mass is 16.1. The highest BCUT2D eigenvalue weighted by molar-refractivity contribution is 5.92. The fraction of sp³-hybridized carbons (Fsp3) is 0.400. The number of nitrogen functional groups attached to an aromatic ring is 1. The Labute approximate surface area is 124 Å². The summed E-state index contributed by atoms with van der Waals surface area (Å²) in [6.45, 7) is 4.55. The average Bonchev–Trinajstić information content (AvgIpc) is 2.83. The number of nitrogens with zero attached hydrogens (tertiary/aromatic N) is 3. The highest BCUT2D eigenvalue weighted by Gasteiger charge is 2.12. The van der Waals surface area contributed by atoms with Crippen molar-refractivity contribution in [1.29, 1.82) is 0 Å². The van der Waals surface area contributed by atoms with E-state index in [1.54, 1.807) is 6.07 Å². The van der Waals surface area contributed by atoms with Crippen molar-refractivity contribution in [2.24, 2.45) is 7.05 Å². The second kappa shape index (κ2) is 6.39. The quantitative estimate of drug-likeness (QED) is 0.872. The van der Waals surface area contributed by atoms with Crippen LogP contribution in [-0.2, 0) is 13.5 Å². The van der Waals surface area contributed by atoms with E-state index in [0.29, 0.717) is 12.2 Å². The van der Waals surface area contributed by atoms with Crippen LogP contribution >= 0.6 is 0 Å². The fourth-order valence-corrected chi connectivity index (χ4v) is 2.05. The van der Waals surface area contributed by atoms with Gasteiger partial charge in [0.05, 0.1) is 0 Å². The fourth-order valence-electron chi connectivity index (χ4n) is 2.05. The van der Waals surface area contributed by atoms with E-state index >= 15 is 0 Å². The number of amides is 1. The third-order valence-electron chi connectivity index (χ3n) is 3.31. The summed E-state index contributed by atoms with van der Waals surface area (Å²) < 4.78 is 2.03. The standard InChI is InChI=1S/C15H21N5O/c1-10(2)12-9-13(19-15(16)18-12)14(21)17-7-6-11-5-4-8-20(11)3/h4-5,8-10H,6-7H2,1-3H3,(H,17,21)(H2,16,18,19). The molecule has 2 aromatic heterocycles. The minimum atomic E-state index is -0.222. The van der Waals surface area contributed by atoms with Gasteiger partial charge in [-0.05, 0) is 24.1 Å². The number of hydrogen-bond acceptors (Lipinski definition) is 4. The SMILES string of the molecule is CC(C)c1cc(C(=O)NCCc2cccn2C)nc(N)n1. The largest absolute Gasteiger partial charge is 0.368 e. The lowest BCUT2D eigenvalue weighted by atomic mass is 10.1. The Morgan fingerprint density at radius 3 is 2.81 bits per heavy atom. The summed E-state index contributed by atoms with van der Waals surface area (Å²) in [5, 5.41) is 2.86. The van der Waals surface area contributed by atoms with Gasteiger partial charge in [0, 0.05) is 37.6 Å². The van der Waals surface area contributed by atoms with Crippen molar-refractivity contribution in [1.82, 2.24) is 19.9 Å². The maximum Gasteiger partial charge on any atom is 0.270 e. The topological polar surface area (TPSA) is 85.8 Å².